The zero-order valence-electron chi connectivity index (χ0n) is 12.6. The van der Waals surface area contributed by atoms with E-state index in [0.717, 1.165) is 11.3 Å². The number of hydrogen-bond acceptors (Lipinski definition) is 4. The van der Waals surface area contributed by atoms with E-state index in [0.29, 0.717) is 43.4 Å². The van der Waals surface area contributed by atoms with Gasteiger partial charge in [0.05, 0.1) is 16.5 Å². The van der Waals surface area contributed by atoms with Gasteiger partial charge in [0, 0.05) is 31.1 Å². The predicted octanol–water partition coefficient (Wildman–Crippen LogP) is 2.22. The van der Waals surface area contributed by atoms with Crippen molar-refractivity contribution in [2.24, 2.45) is 0 Å². The summed E-state index contributed by atoms with van der Waals surface area (Å²) in [6.07, 6.45) is 1.88. The van der Waals surface area contributed by atoms with Crippen LogP contribution in [0.4, 0.5) is 0 Å². The molecule has 124 valence electrons. The summed E-state index contributed by atoms with van der Waals surface area (Å²) in [6.45, 7) is 3.68. The first-order valence-electron chi connectivity index (χ1n) is 7.42. The molecule has 0 aliphatic carbocycles. The fraction of sp³-hybridized carbons (Fsp3) is 0.643. The van der Waals surface area contributed by atoms with Crippen molar-refractivity contribution in [2.75, 3.05) is 31.9 Å². The van der Waals surface area contributed by atoms with E-state index in [1.54, 1.807) is 11.0 Å². The fourth-order valence-corrected chi connectivity index (χ4v) is 5.09. The number of unbranched alkanes of at least 4 members (excludes halogenated alkanes) is 1. The predicted molar refractivity (Wildman–Crippen MR) is 89.9 cm³/mol. The van der Waals surface area contributed by atoms with Crippen molar-refractivity contribution in [3.05, 3.63) is 21.3 Å². The third kappa shape index (κ3) is 4.68. The third-order valence-electron chi connectivity index (χ3n) is 3.69. The zero-order valence-corrected chi connectivity index (χ0v) is 15.0. The molecule has 0 aromatic carbocycles. The van der Waals surface area contributed by atoms with Crippen molar-refractivity contribution < 1.29 is 13.2 Å². The summed E-state index contributed by atoms with van der Waals surface area (Å²) >= 11 is 7.27. The minimum atomic E-state index is -3.17. The molecule has 1 aliphatic heterocycles. The van der Waals surface area contributed by atoms with Gasteiger partial charge in [0.2, 0.25) is 15.9 Å². The monoisotopic (exact) mass is 364 g/mol. The summed E-state index contributed by atoms with van der Waals surface area (Å²) in [5, 5.41) is 0. The van der Waals surface area contributed by atoms with Gasteiger partial charge in [-0.2, -0.15) is 4.31 Å². The number of nitrogens with zero attached hydrogens (tertiary/aromatic N) is 2. The van der Waals surface area contributed by atoms with Gasteiger partial charge >= 0.3 is 0 Å². The molecule has 1 amide bonds. The third-order valence-corrected chi connectivity index (χ3v) is 6.88. The maximum Gasteiger partial charge on any atom is 0.227 e. The number of piperazine rings is 1. The molecule has 2 heterocycles. The summed E-state index contributed by atoms with van der Waals surface area (Å²) in [5.74, 6) is 0.231. The number of sulfonamides is 1. The van der Waals surface area contributed by atoms with Crippen molar-refractivity contribution in [3.8, 4) is 0 Å². The Morgan fingerprint density at radius 2 is 1.95 bits per heavy atom. The molecule has 1 aromatic heterocycles. The average Bonchev–Trinajstić information content (AvgIpc) is 2.90. The molecule has 0 unspecified atom stereocenters. The molecular weight excluding hydrogens is 344 g/mol. The van der Waals surface area contributed by atoms with E-state index in [-0.39, 0.29) is 11.7 Å². The highest BCUT2D eigenvalue weighted by Crippen LogP contribution is 2.22. The highest BCUT2D eigenvalue weighted by molar-refractivity contribution is 7.89. The molecule has 0 radical (unpaired) electrons. The van der Waals surface area contributed by atoms with Gasteiger partial charge in [-0.15, -0.1) is 11.3 Å². The molecule has 8 heteroatoms. The summed E-state index contributed by atoms with van der Waals surface area (Å²) in [7, 11) is -3.17. The molecule has 1 aromatic rings. The number of carbonyl (C=O) groups is 1. The highest BCUT2D eigenvalue weighted by atomic mass is 35.5. The average molecular weight is 365 g/mol. The van der Waals surface area contributed by atoms with Crippen molar-refractivity contribution in [3.63, 3.8) is 0 Å². The second kappa shape index (κ2) is 7.77. The molecule has 1 saturated heterocycles. The minimum absolute atomic E-state index is 0.0316. The Labute approximate surface area is 140 Å². The Morgan fingerprint density at radius 1 is 1.27 bits per heavy atom. The zero-order chi connectivity index (χ0) is 16.2. The SMILES string of the molecule is CCCCS(=O)(=O)N1CCN(C(=O)Cc2ccc(Cl)s2)CC1. The van der Waals surface area contributed by atoms with Crippen LogP contribution in [0.15, 0.2) is 12.1 Å². The van der Waals surface area contributed by atoms with Crippen molar-refractivity contribution in [2.45, 2.75) is 26.2 Å². The molecule has 5 nitrogen and oxygen atoms in total. The van der Waals surface area contributed by atoms with Gasteiger partial charge in [0.15, 0.2) is 0 Å². The van der Waals surface area contributed by atoms with Crippen LogP contribution in [0.5, 0.6) is 0 Å². The van der Waals surface area contributed by atoms with Gasteiger partial charge in [0.1, 0.15) is 0 Å². The van der Waals surface area contributed by atoms with Crippen LogP contribution in [-0.2, 0) is 21.2 Å². The Hall–Kier alpha value is -0.630. The van der Waals surface area contributed by atoms with Crippen LogP contribution in [0, 0.1) is 0 Å². The fourth-order valence-electron chi connectivity index (χ4n) is 2.38. The lowest BCUT2D eigenvalue weighted by Gasteiger charge is -2.34. The Balaban J connectivity index is 1.85. The molecule has 2 rings (SSSR count). The molecule has 22 heavy (non-hydrogen) atoms. The molecular formula is C14H21ClN2O3S2. The van der Waals surface area contributed by atoms with E-state index >= 15 is 0 Å². The van der Waals surface area contributed by atoms with Crippen molar-refractivity contribution in [1.82, 2.24) is 9.21 Å². The van der Waals surface area contributed by atoms with Crippen LogP contribution >= 0.6 is 22.9 Å². The molecule has 1 fully saturated rings. The molecule has 0 spiro atoms. The number of hydrogen-bond donors (Lipinski definition) is 0. The summed E-state index contributed by atoms with van der Waals surface area (Å²) < 4.78 is 26.4. The first kappa shape index (κ1) is 17.7. The maximum absolute atomic E-state index is 12.2. The number of halogens is 1. The number of rotatable bonds is 6. The van der Waals surface area contributed by atoms with E-state index < -0.39 is 10.0 Å². The van der Waals surface area contributed by atoms with Gasteiger partial charge < -0.3 is 4.90 Å². The van der Waals surface area contributed by atoms with Crippen molar-refractivity contribution >= 4 is 38.9 Å². The van der Waals surface area contributed by atoms with Crippen LogP contribution in [0.3, 0.4) is 0 Å². The molecule has 0 N–H and O–H groups in total. The van der Waals surface area contributed by atoms with Gasteiger partial charge in [0.25, 0.3) is 0 Å². The van der Waals surface area contributed by atoms with E-state index in [4.69, 9.17) is 11.6 Å². The van der Waals surface area contributed by atoms with Crippen LogP contribution in [0.2, 0.25) is 4.34 Å². The van der Waals surface area contributed by atoms with E-state index in [2.05, 4.69) is 0 Å². The van der Waals surface area contributed by atoms with Gasteiger partial charge in [-0.1, -0.05) is 24.9 Å². The number of carbonyl (C=O) groups excluding carboxylic acids is 1. The minimum Gasteiger partial charge on any atom is -0.340 e. The van der Waals surface area contributed by atoms with Crippen LogP contribution < -0.4 is 0 Å². The largest absolute Gasteiger partial charge is 0.340 e. The molecule has 0 saturated carbocycles. The second-order valence-electron chi connectivity index (χ2n) is 5.33. The first-order valence-corrected chi connectivity index (χ1v) is 10.2. The topological polar surface area (TPSA) is 57.7 Å². The van der Waals surface area contributed by atoms with Gasteiger partial charge in [-0.25, -0.2) is 8.42 Å². The maximum atomic E-state index is 12.2. The summed E-state index contributed by atoms with van der Waals surface area (Å²) in [6, 6.07) is 3.64. The Kier molecular flexibility index (Phi) is 6.26. The smallest absolute Gasteiger partial charge is 0.227 e. The quantitative estimate of drug-likeness (QED) is 0.777. The van der Waals surface area contributed by atoms with Crippen molar-refractivity contribution in [1.29, 1.82) is 0 Å². The van der Waals surface area contributed by atoms with Gasteiger partial charge in [-0.05, 0) is 18.6 Å². The molecule has 1 aliphatic rings. The lowest BCUT2D eigenvalue weighted by atomic mass is 10.3. The Bertz CT molecular complexity index is 607. The van der Waals surface area contributed by atoms with Gasteiger partial charge in [-0.3, -0.25) is 4.79 Å². The number of amides is 1. The van der Waals surface area contributed by atoms with Crippen LogP contribution in [0.25, 0.3) is 0 Å². The summed E-state index contributed by atoms with van der Waals surface area (Å²) in [5.41, 5.74) is 0. The molecule has 0 bridgehead atoms. The highest BCUT2D eigenvalue weighted by Gasteiger charge is 2.28. The lowest BCUT2D eigenvalue weighted by molar-refractivity contribution is -0.131. The normalized spacial score (nSPS) is 16.9. The first-order chi connectivity index (χ1) is 10.4. The standard InChI is InChI=1S/C14H21ClN2O3S2/c1-2-3-10-22(19,20)17-8-6-16(7-9-17)14(18)11-12-4-5-13(15)21-12/h4-5H,2-3,6-11H2,1H3. The van der Waals surface area contributed by atoms with E-state index in [1.807, 2.05) is 13.0 Å². The molecule has 0 atom stereocenters. The van der Waals surface area contributed by atoms with Crippen LogP contribution in [-0.4, -0.2) is 55.5 Å². The van der Waals surface area contributed by atoms with E-state index in [1.165, 1.54) is 15.6 Å². The lowest BCUT2D eigenvalue weighted by Crippen LogP contribution is -2.51. The second-order valence-corrected chi connectivity index (χ2v) is 9.22. The summed E-state index contributed by atoms with van der Waals surface area (Å²) in [4.78, 5) is 14.9. The Morgan fingerprint density at radius 3 is 2.50 bits per heavy atom. The van der Waals surface area contributed by atoms with Crippen LogP contribution in [0.1, 0.15) is 24.6 Å². The van der Waals surface area contributed by atoms with E-state index in [9.17, 15) is 13.2 Å². The number of thiophene rings is 1.